The summed E-state index contributed by atoms with van der Waals surface area (Å²) in [7, 11) is 0. The molecule has 1 atom stereocenters. The topological polar surface area (TPSA) is 87.7 Å². The number of allylic oxidation sites excluding steroid dienone is 1. The molecule has 0 spiro atoms. The zero-order chi connectivity index (χ0) is 15.2. The third kappa shape index (κ3) is 1.73. The lowest BCUT2D eigenvalue weighted by Gasteiger charge is -2.34. The highest BCUT2D eigenvalue weighted by Crippen LogP contribution is 2.47. The van der Waals surface area contributed by atoms with Gasteiger partial charge in [-0.2, -0.15) is 10.4 Å². The third-order valence-electron chi connectivity index (χ3n) is 4.08. The molecule has 21 heavy (non-hydrogen) atoms. The van der Waals surface area contributed by atoms with Crippen LogP contribution in [0.4, 0.5) is 0 Å². The van der Waals surface area contributed by atoms with Crippen molar-refractivity contribution >= 4 is 0 Å². The van der Waals surface area contributed by atoms with Gasteiger partial charge in [0.2, 0.25) is 11.8 Å². The van der Waals surface area contributed by atoms with E-state index in [-0.39, 0.29) is 5.88 Å². The lowest BCUT2D eigenvalue weighted by molar-refractivity contribution is 0.362. The molecule has 1 aromatic carbocycles. The fraction of sp³-hybridized carbons (Fsp3) is 0.250. The van der Waals surface area contributed by atoms with E-state index in [1.54, 1.807) is 0 Å². The summed E-state index contributed by atoms with van der Waals surface area (Å²) in [5.41, 5.74) is 9.47. The lowest BCUT2D eigenvalue weighted by atomic mass is 9.70. The standard InChI is InChI=1S/C16H16N4O/c1-9-5-4-6-11(7-9)16(3)12(8-17)14(18)21-15-13(16)10(2)19-20-15/h4-7H,18H2,1-3H3,(H,19,20). The van der Waals surface area contributed by atoms with Crippen molar-refractivity contribution in [2.75, 3.05) is 0 Å². The van der Waals surface area contributed by atoms with Crippen molar-refractivity contribution in [3.05, 3.63) is 58.1 Å². The normalized spacial score (nSPS) is 20.7. The van der Waals surface area contributed by atoms with E-state index in [0.717, 1.165) is 22.4 Å². The first-order valence-corrected chi connectivity index (χ1v) is 6.69. The molecule has 1 aliphatic rings. The Morgan fingerprint density at radius 3 is 2.81 bits per heavy atom. The Bertz CT molecular complexity index is 797. The molecule has 0 amide bonds. The van der Waals surface area contributed by atoms with Crippen molar-refractivity contribution in [1.29, 1.82) is 5.26 Å². The van der Waals surface area contributed by atoms with Gasteiger partial charge in [-0.25, -0.2) is 5.10 Å². The number of ether oxygens (including phenoxy) is 1. The lowest BCUT2D eigenvalue weighted by Crippen LogP contribution is -2.34. The second kappa shape index (κ2) is 4.38. The second-order valence-corrected chi connectivity index (χ2v) is 5.46. The SMILES string of the molecule is Cc1cccc(C2(C)C(C#N)=C(N)Oc3[nH]nc(C)c32)c1. The number of hydrogen-bond acceptors (Lipinski definition) is 4. The van der Waals surface area contributed by atoms with Crippen LogP contribution in [-0.4, -0.2) is 10.2 Å². The van der Waals surface area contributed by atoms with E-state index in [1.807, 2.05) is 39.0 Å². The smallest absolute Gasteiger partial charge is 0.221 e. The molecule has 1 aromatic heterocycles. The number of rotatable bonds is 1. The van der Waals surface area contributed by atoms with Crippen LogP contribution in [0.15, 0.2) is 35.7 Å². The molecule has 0 radical (unpaired) electrons. The predicted molar refractivity (Wildman–Crippen MR) is 78.4 cm³/mol. The number of nitrogens with two attached hydrogens (primary N) is 1. The maximum atomic E-state index is 9.58. The summed E-state index contributed by atoms with van der Waals surface area (Å²) < 4.78 is 5.52. The van der Waals surface area contributed by atoms with Gasteiger partial charge in [-0.3, -0.25) is 0 Å². The number of nitrogens with zero attached hydrogens (tertiary/aromatic N) is 2. The summed E-state index contributed by atoms with van der Waals surface area (Å²) in [5.74, 6) is 0.630. The quantitative estimate of drug-likeness (QED) is 0.839. The van der Waals surface area contributed by atoms with Crippen molar-refractivity contribution in [2.45, 2.75) is 26.2 Å². The van der Waals surface area contributed by atoms with Crippen LogP contribution in [0.2, 0.25) is 0 Å². The highest BCUT2D eigenvalue weighted by molar-refractivity contribution is 5.60. The van der Waals surface area contributed by atoms with Crippen molar-refractivity contribution in [3.8, 4) is 11.9 Å². The van der Waals surface area contributed by atoms with Gasteiger partial charge in [-0.15, -0.1) is 0 Å². The van der Waals surface area contributed by atoms with Crippen molar-refractivity contribution in [3.63, 3.8) is 0 Å². The minimum atomic E-state index is -0.671. The fourth-order valence-corrected chi connectivity index (χ4v) is 3.02. The van der Waals surface area contributed by atoms with Gasteiger partial charge in [-0.05, 0) is 26.3 Å². The van der Waals surface area contributed by atoms with Crippen molar-refractivity contribution < 1.29 is 4.74 Å². The van der Waals surface area contributed by atoms with E-state index in [4.69, 9.17) is 10.5 Å². The summed E-state index contributed by atoms with van der Waals surface area (Å²) in [5, 5.41) is 16.6. The summed E-state index contributed by atoms with van der Waals surface area (Å²) in [6.07, 6.45) is 0. The molecule has 2 aromatic rings. The minimum absolute atomic E-state index is 0.123. The Morgan fingerprint density at radius 1 is 1.38 bits per heavy atom. The van der Waals surface area contributed by atoms with Crippen LogP contribution in [0.3, 0.4) is 0 Å². The molecule has 1 unspecified atom stereocenters. The third-order valence-corrected chi connectivity index (χ3v) is 4.08. The molecule has 106 valence electrons. The zero-order valence-electron chi connectivity index (χ0n) is 12.2. The van der Waals surface area contributed by atoms with E-state index < -0.39 is 5.41 Å². The molecule has 5 heteroatoms. The summed E-state index contributed by atoms with van der Waals surface area (Å²) in [6, 6.07) is 10.3. The van der Waals surface area contributed by atoms with Crippen LogP contribution in [0.5, 0.6) is 5.88 Å². The molecule has 0 saturated carbocycles. The van der Waals surface area contributed by atoms with Crippen LogP contribution >= 0.6 is 0 Å². The van der Waals surface area contributed by atoms with Crippen LogP contribution in [0.25, 0.3) is 0 Å². The number of benzene rings is 1. The molecule has 0 aliphatic carbocycles. The molecule has 0 saturated heterocycles. The zero-order valence-corrected chi connectivity index (χ0v) is 12.2. The predicted octanol–water partition coefficient (Wildman–Crippen LogP) is 2.42. The molecule has 0 bridgehead atoms. The number of nitriles is 1. The Labute approximate surface area is 123 Å². The average Bonchev–Trinajstić information content (AvgIpc) is 2.81. The van der Waals surface area contributed by atoms with Gasteiger partial charge < -0.3 is 10.5 Å². The van der Waals surface area contributed by atoms with E-state index in [9.17, 15) is 5.26 Å². The van der Waals surface area contributed by atoms with E-state index in [1.165, 1.54) is 0 Å². The first kappa shape index (κ1) is 13.3. The number of aromatic amines is 1. The summed E-state index contributed by atoms with van der Waals surface area (Å²) in [4.78, 5) is 0. The van der Waals surface area contributed by atoms with Crippen LogP contribution in [-0.2, 0) is 5.41 Å². The number of aromatic nitrogens is 2. The second-order valence-electron chi connectivity index (χ2n) is 5.46. The highest BCUT2D eigenvalue weighted by atomic mass is 16.5. The highest BCUT2D eigenvalue weighted by Gasteiger charge is 2.44. The largest absolute Gasteiger partial charge is 0.422 e. The fourth-order valence-electron chi connectivity index (χ4n) is 3.02. The first-order valence-electron chi connectivity index (χ1n) is 6.69. The monoisotopic (exact) mass is 280 g/mol. The maximum absolute atomic E-state index is 9.58. The molecule has 5 nitrogen and oxygen atoms in total. The van der Waals surface area contributed by atoms with Crippen LogP contribution < -0.4 is 10.5 Å². The molecular formula is C16H16N4O. The van der Waals surface area contributed by atoms with Crippen molar-refractivity contribution in [1.82, 2.24) is 10.2 Å². The van der Waals surface area contributed by atoms with E-state index >= 15 is 0 Å². The van der Waals surface area contributed by atoms with Gasteiger partial charge in [0, 0.05) is 0 Å². The Kier molecular flexibility index (Phi) is 2.77. The summed E-state index contributed by atoms with van der Waals surface area (Å²) >= 11 is 0. The van der Waals surface area contributed by atoms with Gasteiger partial charge in [0.15, 0.2) is 0 Å². The number of aryl methyl sites for hydroxylation is 2. The Morgan fingerprint density at radius 2 is 2.14 bits per heavy atom. The van der Waals surface area contributed by atoms with Crippen LogP contribution in [0, 0.1) is 25.2 Å². The van der Waals surface area contributed by atoms with E-state index in [2.05, 4.69) is 22.3 Å². The average molecular weight is 280 g/mol. The maximum Gasteiger partial charge on any atom is 0.221 e. The number of hydrogen-bond donors (Lipinski definition) is 2. The molecule has 2 heterocycles. The van der Waals surface area contributed by atoms with Crippen LogP contribution in [0.1, 0.15) is 29.3 Å². The Balaban J connectivity index is 2.36. The molecule has 0 fully saturated rings. The van der Waals surface area contributed by atoms with Gasteiger partial charge >= 0.3 is 0 Å². The molecular weight excluding hydrogens is 264 g/mol. The molecule has 3 rings (SSSR count). The van der Waals surface area contributed by atoms with Gasteiger partial charge in [-0.1, -0.05) is 29.8 Å². The van der Waals surface area contributed by atoms with E-state index in [0.29, 0.717) is 11.5 Å². The van der Waals surface area contributed by atoms with Gasteiger partial charge in [0.25, 0.3) is 0 Å². The van der Waals surface area contributed by atoms with Crippen molar-refractivity contribution in [2.24, 2.45) is 5.73 Å². The first-order chi connectivity index (χ1) is 9.98. The van der Waals surface area contributed by atoms with Gasteiger partial charge in [0.05, 0.1) is 16.7 Å². The number of nitrogens with one attached hydrogen (secondary N) is 1. The minimum Gasteiger partial charge on any atom is -0.422 e. The number of H-pyrrole nitrogens is 1. The molecule has 1 aliphatic heterocycles. The number of fused-ring (bicyclic) bond motifs is 1. The van der Waals surface area contributed by atoms with Gasteiger partial charge in [0.1, 0.15) is 11.6 Å². The Hall–Kier alpha value is -2.74. The summed E-state index contributed by atoms with van der Waals surface area (Å²) in [6.45, 7) is 5.90. The molecule has 3 N–H and O–H groups in total.